The van der Waals surface area contributed by atoms with Crippen LogP contribution >= 0.6 is 0 Å². The second-order valence-corrected chi connectivity index (χ2v) is 5.38. The van der Waals surface area contributed by atoms with E-state index in [1.54, 1.807) is 31.4 Å². The van der Waals surface area contributed by atoms with Gasteiger partial charge in [-0.25, -0.2) is 9.55 Å². The van der Waals surface area contributed by atoms with E-state index in [2.05, 4.69) is 10.3 Å². The van der Waals surface area contributed by atoms with E-state index >= 15 is 0 Å². The topological polar surface area (TPSA) is 78.2 Å². The Labute approximate surface area is 139 Å². The van der Waals surface area contributed by atoms with Gasteiger partial charge in [-0.2, -0.15) is 0 Å². The van der Waals surface area contributed by atoms with Crippen LogP contribution in [0.1, 0.15) is 10.4 Å². The minimum absolute atomic E-state index is 0.000505. The van der Waals surface area contributed by atoms with Crippen molar-refractivity contribution in [2.24, 2.45) is 0 Å². The Morgan fingerprint density at radius 2 is 1.96 bits per heavy atom. The summed E-state index contributed by atoms with van der Waals surface area (Å²) < 4.78 is 7.01. The summed E-state index contributed by atoms with van der Waals surface area (Å²) in [6.45, 7) is 0.620. The van der Waals surface area contributed by atoms with Crippen LogP contribution in [0, 0.1) is 0 Å². The van der Waals surface area contributed by atoms with Crippen LogP contribution in [-0.2, 0) is 6.54 Å². The fourth-order valence-corrected chi connectivity index (χ4v) is 2.62. The summed E-state index contributed by atoms with van der Waals surface area (Å²) in [6, 6.07) is 14.8. The first-order chi connectivity index (χ1) is 11.7. The highest BCUT2D eigenvalue weighted by Gasteiger charge is 2.20. The number of hydrogen-bond donors (Lipinski definition) is 3. The summed E-state index contributed by atoms with van der Waals surface area (Å²) >= 11 is 0. The van der Waals surface area contributed by atoms with E-state index < -0.39 is 0 Å². The lowest BCUT2D eigenvalue weighted by molar-refractivity contribution is -0.642. The van der Waals surface area contributed by atoms with Crippen molar-refractivity contribution in [1.29, 1.82) is 0 Å². The number of nitrogens with one attached hydrogen (secondary N) is 2. The van der Waals surface area contributed by atoms with Crippen LogP contribution in [0.5, 0.6) is 5.75 Å². The number of para-hydroxylation sites is 2. The molecular weight excluding hydrogens is 306 g/mol. The second kappa shape index (κ2) is 7.14. The number of carbonyl (C=O) groups excluding carboxylic acids is 1. The van der Waals surface area contributed by atoms with Crippen molar-refractivity contribution in [3.63, 3.8) is 0 Å². The summed E-state index contributed by atoms with van der Waals surface area (Å²) in [5, 5.41) is 12.2. The first-order valence-corrected chi connectivity index (χ1v) is 7.75. The third kappa shape index (κ3) is 3.23. The largest absolute Gasteiger partial charge is 0.497 e. The average Bonchev–Trinajstić information content (AvgIpc) is 2.97. The van der Waals surface area contributed by atoms with Crippen molar-refractivity contribution in [3.05, 3.63) is 54.1 Å². The number of ether oxygens (including phenoxy) is 1. The molecule has 3 N–H and O–H groups in total. The van der Waals surface area contributed by atoms with Crippen LogP contribution in [0.3, 0.4) is 0 Å². The number of aliphatic hydroxyl groups is 1. The zero-order chi connectivity index (χ0) is 16.9. The number of H-pyrrole nitrogens is 1. The molecule has 0 atom stereocenters. The molecule has 0 aliphatic rings. The molecule has 0 spiro atoms. The van der Waals surface area contributed by atoms with Crippen molar-refractivity contribution in [2.75, 3.05) is 25.6 Å². The van der Waals surface area contributed by atoms with Crippen molar-refractivity contribution in [3.8, 4) is 5.75 Å². The van der Waals surface area contributed by atoms with Gasteiger partial charge in [0.15, 0.2) is 5.78 Å². The molecule has 0 saturated carbocycles. The van der Waals surface area contributed by atoms with Gasteiger partial charge in [-0.05, 0) is 36.4 Å². The first kappa shape index (κ1) is 16.0. The summed E-state index contributed by atoms with van der Waals surface area (Å²) in [5.41, 5.74) is 2.49. The molecule has 3 rings (SSSR count). The number of fused-ring (bicyclic) bond motifs is 1. The summed E-state index contributed by atoms with van der Waals surface area (Å²) in [5.74, 6) is 1.42. The van der Waals surface area contributed by atoms with Crippen LogP contribution < -0.4 is 14.6 Å². The third-order valence-corrected chi connectivity index (χ3v) is 3.84. The number of aromatic amines is 1. The smallest absolute Gasteiger partial charge is 0.356 e. The highest BCUT2D eigenvalue weighted by atomic mass is 16.5. The maximum Gasteiger partial charge on any atom is 0.356 e. The molecular formula is C18H20N3O3+. The Morgan fingerprint density at radius 1 is 1.21 bits per heavy atom. The average molecular weight is 326 g/mol. The lowest BCUT2D eigenvalue weighted by Crippen LogP contribution is -2.40. The van der Waals surface area contributed by atoms with Gasteiger partial charge in [0.1, 0.15) is 23.3 Å². The fourth-order valence-electron chi connectivity index (χ4n) is 2.62. The van der Waals surface area contributed by atoms with E-state index in [-0.39, 0.29) is 18.9 Å². The quantitative estimate of drug-likeness (QED) is 0.457. The standard InChI is InChI=1S/C18H19N3O3/c1-24-14-8-6-13(7-9-14)17(23)12-21-16-5-3-2-4-15(16)20-18(21)19-10-11-22/h2-9,22H,10-12H2,1H3,(H,19,20)/p+1. The van der Waals surface area contributed by atoms with Crippen molar-refractivity contribution in [1.82, 2.24) is 4.98 Å². The Kier molecular flexibility index (Phi) is 4.77. The van der Waals surface area contributed by atoms with Gasteiger partial charge in [0.05, 0.1) is 20.3 Å². The van der Waals surface area contributed by atoms with Gasteiger partial charge >= 0.3 is 5.95 Å². The molecule has 0 radical (unpaired) electrons. The Bertz CT molecular complexity index is 840. The number of anilines is 1. The molecule has 0 bridgehead atoms. The monoisotopic (exact) mass is 326 g/mol. The van der Waals surface area contributed by atoms with Gasteiger partial charge in [0.2, 0.25) is 0 Å². The highest BCUT2D eigenvalue weighted by molar-refractivity contribution is 5.95. The van der Waals surface area contributed by atoms with Gasteiger partial charge in [-0.3, -0.25) is 10.1 Å². The molecule has 2 aromatic carbocycles. The molecule has 0 saturated heterocycles. The molecule has 6 heteroatoms. The number of ketones is 1. The molecule has 6 nitrogen and oxygen atoms in total. The third-order valence-electron chi connectivity index (χ3n) is 3.84. The van der Waals surface area contributed by atoms with Crippen LogP contribution in [0.2, 0.25) is 0 Å². The molecule has 124 valence electrons. The van der Waals surface area contributed by atoms with Crippen molar-refractivity contribution < 1.29 is 19.2 Å². The zero-order valence-corrected chi connectivity index (χ0v) is 13.5. The molecule has 1 heterocycles. The van der Waals surface area contributed by atoms with Gasteiger partial charge in [0, 0.05) is 5.56 Å². The predicted octanol–water partition coefficient (Wildman–Crippen LogP) is 1.75. The van der Waals surface area contributed by atoms with Gasteiger partial charge in [-0.15, -0.1) is 0 Å². The van der Waals surface area contributed by atoms with Crippen LogP contribution in [-0.4, -0.2) is 36.1 Å². The lowest BCUT2D eigenvalue weighted by Gasteiger charge is -2.05. The second-order valence-electron chi connectivity index (χ2n) is 5.38. The van der Waals surface area contributed by atoms with Crippen LogP contribution in [0.25, 0.3) is 11.0 Å². The van der Waals surface area contributed by atoms with Gasteiger partial charge < -0.3 is 9.84 Å². The van der Waals surface area contributed by atoms with Crippen LogP contribution in [0.15, 0.2) is 48.5 Å². The lowest BCUT2D eigenvalue weighted by atomic mass is 10.1. The Hall–Kier alpha value is -2.86. The number of rotatable bonds is 7. The molecule has 24 heavy (non-hydrogen) atoms. The predicted molar refractivity (Wildman–Crippen MR) is 91.4 cm³/mol. The maximum absolute atomic E-state index is 12.6. The van der Waals surface area contributed by atoms with E-state index in [1.807, 2.05) is 28.8 Å². The van der Waals surface area contributed by atoms with Crippen molar-refractivity contribution in [2.45, 2.75) is 6.54 Å². The number of carbonyl (C=O) groups is 1. The maximum atomic E-state index is 12.6. The SMILES string of the molecule is COc1ccc(C(=O)C[n+]2c(NCCO)[nH]c3ccccc32)cc1. The number of aromatic nitrogens is 2. The van der Waals surface area contributed by atoms with E-state index in [0.717, 1.165) is 16.8 Å². The van der Waals surface area contributed by atoms with Crippen molar-refractivity contribution >= 4 is 22.8 Å². The van der Waals surface area contributed by atoms with Gasteiger partial charge in [-0.1, -0.05) is 12.1 Å². The number of benzene rings is 2. The van der Waals surface area contributed by atoms with E-state index in [0.29, 0.717) is 18.1 Å². The zero-order valence-electron chi connectivity index (χ0n) is 13.5. The Balaban J connectivity index is 1.90. The fraction of sp³-hybridized carbons (Fsp3) is 0.222. The molecule has 0 aliphatic heterocycles. The minimum Gasteiger partial charge on any atom is -0.497 e. The Morgan fingerprint density at radius 3 is 2.67 bits per heavy atom. The van der Waals surface area contributed by atoms with Crippen LogP contribution in [0.4, 0.5) is 5.95 Å². The number of methoxy groups -OCH3 is 1. The molecule has 0 amide bonds. The molecule has 3 aromatic rings. The molecule has 0 fully saturated rings. The summed E-state index contributed by atoms with van der Waals surface area (Å²) in [4.78, 5) is 15.9. The van der Waals surface area contributed by atoms with Gasteiger partial charge in [0.25, 0.3) is 0 Å². The number of hydrogen-bond acceptors (Lipinski definition) is 4. The highest BCUT2D eigenvalue weighted by Crippen LogP contribution is 2.14. The minimum atomic E-state index is -0.000505. The molecule has 0 unspecified atom stereocenters. The first-order valence-electron chi connectivity index (χ1n) is 7.75. The molecule has 1 aromatic heterocycles. The summed E-state index contributed by atoms with van der Waals surface area (Å²) in [6.07, 6.45) is 0. The number of Topliss-reactive ketones (excluding diaryl/α,β-unsaturated/α-hetero) is 1. The summed E-state index contributed by atoms with van der Waals surface area (Å²) in [7, 11) is 1.59. The number of nitrogens with zero attached hydrogens (tertiary/aromatic N) is 1. The van der Waals surface area contributed by atoms with E-state index in [4.69, 9.17) is 9.84 Å². The van der Waals surface area contributed by atoms with E-state index in [9.17, 15) is 4.79 Å². The molecule has 0 aliphatic carbocycles. The van der Waals surface area contributed by atoms with E-state index in [1.165, 1.54) is 0 Å². The number of aliphatic hydroxyl groups excluding tert-OH is 1. The number of imidazole rings is 1. The normalized spacial score (nSPS) is 10.8.